The maximum Gasteiger partial charge on any atom is 0.265 e. The molecule has 0 aliphatic carbocycles. The first-order valence-corrected chi connectivity index (χ1v) is 8.09. The van der Waals surface area contributed by atoms with E-state index >= 15 is 0 Å². The van der Waals surface area contributed by atoms with Gasteiger partial charge >= 0.3 is 0 Å². The van der Waals surface area contributed by atoms with Gasteiger partial charge in [-0.3, -0.25) is 9.59 Å². The van der Waals surface area contributed by atoms with Crippen LogP contribution in [0.2, 0.25) is 0 Å². The second-order valence-corrected chi connectivity index (χ2v) is 5.68. The molecule has 2 amide bonds. The van der Waals surface area contributed by atoms with Crippen LogP contribution in [0.15, 0.2) is 48.5 Å². The number of anilines is 1. The first-order chi connectivity index (χ1) is 12.2. The van der Waals surface area contributed by atoms with Gasteiger partial charge in [0.2, 0.25) is 5.91 Å². The summed E-state index contributed by atoms with van der Waals surface area (Å²) in [7, 11) is 1.59. The summed E-state index contributed by atoms with van der Waals surface area (Å²) in [5.74, 6) is 1.20. The van der Waals surface area contributed by atoms with Crippen LogP contribution in [0.4, 0.5) is 5.69 Å². The molecule has 1 aliphatic rings. The highest BCUT2D eigenvalue weighted by molar-refractivity contribution is 5.97. The van der Waals surface area contributed by atoms with Gasteiger partial charge in [0.15, 0.2) is 6.61 Å². The molecule has 0 unspecified atom stereocenters. The molecule has 0 saturated heterocycles. The van der Waals surface area contributed by atoms with Gasteiger partial charge in [-0.2, -0.15) is 0 Å². The van der Waals surface area contributed by atoms with Crippen molar-refractivity contribution in [3.8, 4) is 11.5 Å². The van der Waals surface area contributed by atoms with Gasteiger partial charge in [0.1, 0.15) is 11.5 Å². The van der Waals surface area contributed by atoms with Gasteiger partial charge in [-0.25, -0.2) is 0 Å². The summed E-state index contributed by atoms with van der Waals surface area (Å²) in [6, 6.07) is 14.8. The third-order valence-electron chi connectivity index (χ3n) is 3.96. The lowest BCUT2D eigenvalue weighted by Crippen LogP contribution is -2.43. The van der Waals surface area contributed by atoms with Gasteiger partial charge in [0.25, 0.3) is 5.91 Å². The molecule has 0 fully saturated rings. The zero-order chi connectivity index (χ0) is 17.6. The maximum absolute atomic E-state index is 12.1. The van der Waals surface area contributed by atoms with Crippen molar-refractivity contribution in [3.05, 3.63) is 54.1 Å². The molecule has 0 bridgehead atoms. The van der Waals surface area contributed by atoms with Crippen LogP contribution in [0.1, 0.15) is 5.56 Å². The topological polar surface area (TPSA) is 67.9 Å². The third-order valence-corrected chi connectivity index (χ3v) is 3.96. The van der Waals surface area contributed by atoms with E-state index in [9.17, 15) is 9.59 Å². The Balaban J connectivity index is 1.54. The Bertz CT molecular complexity index is 776. The molecule has 3 rings (SSSR count). The molecule has 1 aliphatic heterocycles. The normalized spacial score (nSPS) is 13.0. The third kappa shape index (κ3) is 4.09. The number of hydrogen-bond acceptors (Lipinski definition) is 4. The van der Waals surface area contributed by atoms with Gasteiger partial charge in [0.05, 0.1) is 19.2 Å². The Morgan fingerprint density at radius 3 is 2.92 bits per heavy atom. The number of nitrogens with one attached hydrogen (secondary N) is 1. The van der Waals surface area contributed by atoms with Gasteiger partial charge in [-0.1, -0.05) is 24.3 Å². The van der Waals surface area contributed by atoms with E-state index in [1.54, 1.807) is 12.0 Å². The summed E-state index contributed by atoms with van der Waals surface area (Å²) in [4.78, 5) is 25.8. The van der Waals surface area contributed by atoms with Crippen LogP contribution in [-0.2, 0) is 16.0 Å². The van der Waals surface area contributed by atoms with E-state index in [1.165, 1.54) is 0 Å². The lowest BCUT2D eigenvalue weighted by atomic mass is 10.1. The monoisotopic (exact) mass is 340 g/mol. The Morgan fingerprint density at radius 1 is 1.24 bits per heavy atom. The second-order valence-electron chi connectivity index (χ2n) is 5.68. The number of ether oxygens (including phenoxy) is 2. The van der Waals surface area contributed by atoms with Crippen molar-refractivity contribution in [3.63, 3.8) is 0 Å². The fourth-order valence-electron chi connectivity index (χ4n) is 2.74. The minimum absolute atomic E-state index is 0.0226. The summed E-state index contributed by atoms with van der Waals surface area (Å²) in [6.07, 6.45) is 0.269. The van der Waals surface area contributed by atoms with E-state index in [-0.39, 0.29) is 24.8 Å². The number of rotatable bonds is 6. The van der Waals surface area contributed by atoms with Crippen molar-refractivity contribution < 1.29 is 19.1 Å². The van der Waals surface area contributed by atoms with E-state index in [0.717, 1.165) is 17.0 Å². The van der Waals surface area contributed by atoms with Crippen LogP contribution in [0.3, 0.4) is 0 Å². The molecular formula is C19H20N2O4. The number of para-hydroxylation sites is 2. The van der Waals surface area contributed by atoms with Gasteiger partial charge in [0, 0.05) is 13.1 Å². The summed E-state index contributed by atoms with van der Waals surface area (Å²) in [5, 5.41) is 2.85. The molecule has 0 spiro atoms. The molecule has 0 atom stereocenters. The number of carbonyl (C=O) groups is 2. The smallest absolute Gasteiger partial charge is 0.265 e. The molecule has 1 N–H and O–H groups in total. The van der Waals surface area contributed by atoms with Crippen LogP contribution < -0.4 is 19.7 Å². The van der Waals surface area contributed by atoms with Gasteiger partial charge in [-0.05, 0) is 29.8 Å². The number of nitrogens with zero attached hydrogens (tertiary/aromatic N) is 1. The average Bonchev–Trinajstić information content (AvgIpc) is 2.63. The van der Waals surface area contributed by atoms with E-state index in [1.807, 2.05) is 48.5 Å². The molecular weight excluding hydrogens is 320 g/mol. The highest BCUT2D eigenvalue weighted by atomic mass is 16.5. The summed E-state index contributed by atoms with van der Waals surface area (Å²) < 4.78 is 10.6. The van der Waals surface area contributed by atoms with Gasteiger partial charge in [-0.15, -0.1) is 0 Å². The number of amides is 2. The van der Waals surface area contributed by atoms with Crippen molar-refractivity contribution in [1.29, 1.82) is 0 Å². The Morgan fingerprint density at radius 2 is 2.08 bits per heavy atom. The van der Waals surface area contributed by atoms with Crippen molar-refractivity contribution in [1.82, 2.24) is 5.32 Å². The van der Waals surface area contributed by atoms with Crippen molar-refractivity contribution >= 4 is 17.5 Å². The highest BCUT2D eigenvalue weighted by Gasteiger charge is 2.24. The summed E-state index contributed by atoms with van der Waals surface area (Å²) in [6.45, 7) is 0.806. The first kappa shape index (κ1) is 16.8. The fourth-order valence-corrected chi connectivity index (χ4v) is 2.74. The van der Waals surface area contributed by atoms with Crippen LogP contribution in [0.5, 0.6) is 11.5 Å². The number of carbonyl (C=O) groups excluding carboxylic acids is 2. The number of methoxy groups -OCH3 is 1. The number of fused-ring (bicyclic) bond motifs is 1. The van der Waals surface area contributed by atoms with Crippen LogP contribution in [0, 0.1) is 0 Å². The molecule has 6 heteroatoms. The lowest BCUT2D eigenvalue weighted by Gasteiger charge is -2.29. The standard InChI is InChI=1S/C19H20N2O4/c1-24-15-6-4-5-14(11-15)12-18(22)20-9-10-21-16-7-2-3-8-17(16)25-13-19(21)23/h2-8,11H,9-10,12-13H2,1H3,(H,20,22). The van der Waals surface area contributed by atoms with Crippen molar-refractivity contribution in [2.45, 2.75) is 6.42 Å². The summed E-state index contributed by atoms with van der Waals surface area (Å²) >= 11 is 0. The largest absolute Gasteiger partial charge is 0.497 e. The molecule has 0 aromatic heterocycles. The van der Waals surface area contributed by atoms with E-state index in [4.69, 9.17) is 9.47 Å². The van der Waals surface area contributed by atoms with Crippen LogP contribution in [-0.4, -0.2) is 38.6 Å². The van der Waals surface area contributed by atoms with Crippen molar-refractivity contribution in [2.75, 3.05) is 31.7 Å². The first-order valence-electron chi connectivity index (χ1n) is 8.09. The molecule has 1 heterocycles. The maximum atomic E-state index is 12.1. The van der Waals surface area contributed by atoms with E-state index in [2.05, 4.69) is 5.32 Å². The molecule has 0 saturated carbocycles. The quantitative estimate of drug-likeness (QED) is 0.870. The Kier molecular flexibility index (Phi) is 5.18. The van der Waals surface area contributed by atoms with Crippen molar-refractivity contribution in [2.24, 2.45) is 0 Å². The summed E-state index contributed by atoms with van der Waals surface area (Å²) in [5.41, 5.74) is 1.62. The molecule has 130 valence electrons. The highest BCUT2D eigenvalue weighted by Crippen LogP contribution is 2.30. The Hall–Kier alpha value is -3.02. The van der Waals surface area contributed by atoms with E-state index in [0.29, 0.717) is 18.8 Å². The minimum atomic E-state index is -0.110. The average molecular weight is 340 g/mol. The number of benzene rings is 2. The predicted octanol–water partition coefficient (Wildman–Crippen LogP) is 1.78. The minimum Gasteiger partial charge on any atom is -0.497 e. The predicted molar refractivity (Wildman–Crippen MR) is 94.0 cm³/mol. The molecule has 25 heavy (non-hydrogen) atoms. The lowest BCUT2D eigenvalue weighted by molar-refractivity contribution is -0.122. The molecule has 6 nitrogen and oxygen atoms in total. The Labute approximate surface area is 146 Å². The number of hydrogen-bond donors (Lipinski definition) is 1. The van der Waals surface area contributed by atoms with Crippen LogP contribution >= 0.6 is 0 Å². The van der Waals surface area contributed by atoms with Gasteiger partial charge < -0.3 is 19.7 Å². The van der Waals surface area contributed by atoms with E-state index < -0.39 is 0 Å². The fraction of sp³-hybridized carbons (Fsp3) is 0.263. The molecule has 2 aromatic carbocycles. The van der Waals surface area contributed by atoms with Crippen LogP contribution in [0.25, 0.3) is 0 Å². The molecule has 0 radical (unpaired) electrons. The zero-order valence-electron chi connectivity index (χ0n) is 14.0. The second kappa shape index (κ2) is 7.70. The SMILES string of the molecule is COc1cccc(CC(=O)NCCN2C(=O)COc3ccccc32)c1. The molecule has 2 aromatic rings. The zero-order valence-corrected chi connectivity index (χ0v) is 14.0.